The summed E-state index contributed by atoms with van der Waals surface area (Å²) in [7, 11) is -5.78. The quantitative estimate of drug-likeness (QED) is 0.228. The number of rotatable bonds is 5. The Hall–Kier alpha value is -3.54. The zero-order valence-electron chi connectivity index (χ0n) is 25.0. The summed E-state index contributed by atoms with van der Waals surface area (Å²) in [6.07, 6.45) is 8.06. The lowest BCUT2D eigenvalue weighted by atomic mass is 9.77. The molecule has 1 saturated carbocycles. The number of imidazole rings is 1. The lowest BCUT2D eigenvalue weighted by Gasteiger charge is -2.28. The van der Waals surface area contributed by atoms with E-state index in [0.29, 0.717) is 24.4 Å². The number of alkyl halides is 3. The number of aromatic amines is 1. The molecule has 1 aromatic heterocycles. The fourth-order valence-corrected chi connectivity index (χ4v) is 7.57. The van der Waals surface area contributed by atoms with Gasteiger partial charge in [-0.3, -0.25) is 4.90 Å². The van der Waals surface area contributed by atoms with Crippen LogP contribution >= 0.6 is 0 Å². The summed E-state index contributed by atoms with van der Waals surface area (Å²) in [5.74, 6) is 0.455. The van der Waals surface area contributed by atoms with E-state index in [0.717, 1.165) is 72.9 Å². The monoisotopic (exact) mass is 631 g/mol. The van der Waals surface area contributed by atoms with Gasteiger partial charge < -0.3 is 13.9 Å². The van der Waals surface area contributed by atoms with E-state index in [-0.39, 0.29) is 23.3 Å². The van der Waals surface area contributed by atoms with Crippen LogP contribution in [0.2, 0.25) is 0 Å². The Morgan fingerprint density at radius 1 is 1.00 bits per heavy atom. The number of benzene rings is 2. The Bertz CT molecular complexity index is 1670. The van der Waals surface area contributed by atoms with E-state index in [4.69, 9.17) is 4.74 Å². The van der Waals surface area contributed by atoms with Crippen molar-refractivity contribution in [2.75, 3.05) is 6.54 Å². The van der Waals surface area contributed by atoms with Crippen LogP contribution in [0.15, 0.2) is 42.6 Å². The third-order valence-electron chi connectivity index (χ3n) is 9.00. The molecule has 1 atom stereocenters. The highest BCUT2D eigenvalue weighted by Crippen LogP contribution is 2.55. The van der Waals surface area contributed by atoms with Crippen molar-refractivity contribution >= 4 is 16.2 Å². The normalized spacial score (nSPS) is 19.9. The maximum atomic E-state index is 13.1. The first kappa shape index (κ1) is 30.5. The van der Waals surface area contributed by atoms with Gasteiger partial charge in [0, 0.05) is 12.1 Å². The van der Waals surface area contributed by atoms with Crippen LogP contribution in [0.1, 0.15) is 88.7 Å². The summed E-state index contributed by atoms with van der Waals surface area (Å²) in [6.45, 7) is 6.12. The number of ether oxygens (including phenoxy) is 1. The van der Waals surface area contributed by atoms with Gasteiger partial charge in [0.25, 0.3) is 0 Å². The molecule has 1 N–H and O–H groups in total. The number of hydrogen-bond acceptors (Lipinski definition) is 6. The first-order valence-electron chi connectivity index (χ1n) is 15.0. The Labute approximate surface area is 255 Å². The third kappa shape index (κ3) is 5.57. The van der Waals surface area contributed by atoms with Crippen LogP contribution in [0.3, 0.4) is 0 Å². The van der Waals surface area contributed by atoms with Crippen molar-refractivity contribution in [2.24, 2.45) is 0 Å². The molecule has 44 heavy (non-hydrogen) atoms. The molecule has 2 heterocycles. The Balaban J connectivity index is 1.29. The van der Waals surface area contributed by atoms with E-state index < -0.39 is 21.2 Å². The first-order valence-corrected chi connectivity index (χ1v) is 16.4. The average Bonchev–Trinajstić information content (AvgIpc) is 3.75. The van der Waals surface area contributed by atoms with Gasteiger partial charge in [0.15, 0.2) is 0 Å². The molecule has 0 unspecified atom stereocenters. The summed E-state index contributed by atoms with van der Waals surface area (Å²) in [5.41, 5.74) is -1.40. The van der Waals surface area contributed by atoms with E-state index in [1.165, 1.54) is 6.07 Å². The van der Waals surface area contributed by atoms with E-state index in [1.807, 2.05) is 45.0 Å². The van der Waals surface area contributed by atoms with E-state index >= 15 is 0 Å². The molecule has 2 aromatic carbocycles. The van der Waals surface area contributed by atoms with Crippen molar-refractivity contribution in [1.29, 1.82) is 0 Å². The zero-order valence-corrected chi connectivity index (χ0v) is 25.8. The topological polar surface area (TPSA) is 102 Å². The minimum Gasteiger partial charge on any atom is -0.444 e. The van der Waals surface area contributed by atoms with E-state index in [1.54, 1.807) is 17.2 Å². The minimum atomic E-state index is -5.78. The number of carbonyl (C=O) groups is 1. The molecule has 6 rings (SSSR count). The van der Waals surface area contributed by atoms with Gasteiger partial charge in [-0.15, -0.1) is 0 Å². The highest BCUT2D eigenvalue weighted by atomic mass is 32.2. The fourth-order valence-electron chi connectivity index (χ4n) is 7.08. The van der Waals surface area contributed by atoms with E-state index in [2.05, 4.69) is 14.2 Å². The predicted molar refractivity (Wildman–Crippen MR) is 158 cm³/mol. The second-order valence-corrected chi connectivity index (χ2v) is 14.6. The van der Waals surface area contributed by atoms with Crippen LogP contribution < -0.4 is 4.18 Å². The average molecular weight is 632 g/mol. The van der Waals surface area contributed by atoms with Crippen LogP contribution in [0.5, 0.6) is 5.75 Å². The number of carbonyl (C=O) groups excluding carboxylic acids is 1. The molecule has 12 heteroatoms. The molecule has 1 amide bonds. The molecule has 2 aliphatic carbocycles. The van der Waals surface area contributed by atoms with Gasteiger partial charge >= 0.3 is 21.7 Å². The van der Waals surface area contributed by atoms with Crippen LogP contribution in [0.25, 0.3) is 22.4 Å². The molecule has 2 fully saturated rings. The van der Waals surface area contributed by atoms with Crippen LogP contribution in [-0.4, -0.2) is 47.0 Å². The third-order valence-corrected chi connectivity index (χ3v) is 9.96. The molecule has 1 saturated heterocycles. The van der Waals surface area contributed by atoms with Crippen molar-refractivity contribution in [3.8, 4) is 28.1 Å². The molecule has 8 nitrogen and oxygen atoms in total. The summed E-state index contributed by atoms with van der Waals surface area (Å²) < 4.78 is 73.5. The minimum absolute atomic E-state index is 0.204. The van der Waals surface area contributed by atoms with Gasteiger partial charge in [0.05, 0.1) is 17.9 Å². The number of hydrogen-bond donors (Lipinski definition) is 1. The number of halogens is 3. The van der Waals surface area contributed by atoms with Crippen LogP contribution in [0, 0.1) is 0 Å². The molecule has 3 aromatic rings. The van der Waals surface area contributed by atoms with Crippen LogP contribution in [0.4, 0.5) is 18.0 Å². The van der Waals surface area contributed by atoms with Gasteiger partial charge in [-0.05, 0) is 93.0 Å². The number of likely N-dealkylation sites (tertiary alicyclic amines) is 1. The Morgan fingerprint density at radius 3 is 2.34 bits per heavy atom. The molecular weight excluding hydrogens is 595 g/mol. The summed E-state index contributed by atoms with van der Waals surface area (Å²) >= 11 is 0. The number of aromatic nitrogens is 2. The number of fused-ring (bicyclic) bond motifs is 2. The molecule has 0 bridgehead atoms. The van der Waals surface area contributed by atoms with Gasteiger partial charge in [0.2, 0.25) is 0 Å². The summed E-state index contributed by atoms with van der Waals surface area (Å²) in [4.78, 5) is 22.4. The highest BCUT2D eigenvalue weighted by Gasteiger charge is 2.50. The zero-order chi connectivity index (χ0) is 31.5. The number of H-pyrrole nitrogens is 1. The number of nitrogens with one attached hydrogen (secondary N) is 1. The maximum absolute atomic E-state index is 13.1. The standard InChI is InChI=1S/C32H36F3N3O5S/c1-30(2,3)42-29(39)38-18-6-7-25(38)28-36-19-24(37-28)21-10-8-20(9-11-21)22-12-13-26(43-44(40,41)32(33,34)35)23-14-17-31(27(22)23)15-4-5-16-31/h8-13,19,25H,4-7,14-18H2,1-3H3,(H,36,37)/t25-/m0/s1. The maximum Gasteiger partial charge on any atom is 0.534 e. The molecule has 0 radical (unpaired) electrons. The molecule has 1 aliphatic heterocycles. The Morgan fingerprint density at radius 2 is 1.68 bits per heavy atom. The van der Waals surface area contributed by atoms with Gasteiger partial charge in [-0.25, -0.2) is 9.78 Å². The van der Waals surface area contributed by atoms with Gasteiger partial charge in [0.1, 0.15) is 17.2 Å². The molecule has 1 spiro atoms. The number of nitrogens with zero attached hydrogens (tertiary/aromatic N) is 2. The summed E-state index contributed by atoms with van der Waals surface area (Å²) in [6, 6.07) is 10.6. The predicted octanol–water partition coefficient (Wildman–Crippen LogP) is 7.80. The lowest BCUT2D eigenvalue weighted by molar-refractivity contribution is -0.0500. The largest absolute Gasteiger partial charge is 0.534 e. The van der Waals surface area contributed by atoms with Crippen LogP contribution in [-0.2, 0) is 26.7 Å². The van der Waals surface area contributed by atoms with Crippen molar-refractivity contribution in [3.63, 3.8) is 0 Å². The van der Waals surface area contributed by atoms with Crippen molar-refractivity contribution in [1.82, 2.24) is 14.9 Å². The van der Waals surface area contributed by atoms with E-state index in [9.17, 15) is 26.4 Å². The molecule has 3 aliphatic rings. The van der Waals surface area contributed by atoms with Crippen molar-refractivity contribution in [2.45, 2.75) is 94.7 Å². The van der Waals surface area contributed by atoms with Gasteiger partial charge in [-0.2, -0.15) is 21.6 Å². The second-order valence-electron chi connectivity index (χ2n) is 13.0. The second kappa shape index (κ2) is 10.8. The van der Waals surface area contributed by atoms with Gasteiger partial charge in [-0.1, -0.05) is 43.2 Å². The lowest BCUT2D eigenvalue weighted by Crippen LogP contribution is -2.36. The fraction of sp³-hybridized carbons (Fsp3) is 0.500. The SMILES string of the molecule is CC(C)(C)OC(=O)N1CCC[C@H]1c1ncc(-c2ccc(-c3ccc(OS(=O)(=O)C(F)(F)F)c4c3C3(CCCC3)CC4)cc2)[nH]1. The highest BCUT2D eigenvalue weighted by molar-refractivity contribution is 7.88. The number of amides is 1. The molecule has 236 valence electrons. The van der Waals surface area contributed by atoms with Crippen molar-refractivity contribution in [3.05, 3.63) is 59.5 Å². The summed E-state index contributed by atoms with van der Waals surface area (Å²) in [5, 5.41) is 0. The first-order chi connectivity index (χ1) is 20.7. The molecular formula is C32H36F3N3O5S. The Kier molecular flexibility index (Phi) is 7.49. The smallest absolute Gasteiger partial charge is 0.444 e. The van der Waals surface area contributed by atoms with Crippen molar-refractivity contribution < 1.29 is 35.3 Å².